The fourth-order valence-electron chi connectivity index (χ4n) is 2.71. The topological polar surface area (TPSA) is 61.3 Å². The van der Waals surface area contributed by atoms with Gasteiger partial charge in [-0.25, -0.2) is 4.98 Å². The molecular weight excluding hydrogens is 276 g/mol. The molecule has 1 aliphatic heterocycles. The number of nitrogens with one attached hydrogen (secondary N) is 1. The summed E-state index contributed by atoms with van der Waals surface area (Å²) in [6.45, 7) is 3.44. The van der Waals surface area contributed by atoms with Crippen LogP contribution < -0.4 is 10.2 Å². The summed E-state index contributed by atoms with van der Waals surface area (Å²) in [6, 6.07) is 7.85. The Morgan fingerprint density at radius 2 is 1.91 bits per heavy atom. The highest BCUT2D eigenvalue weighted by Crippen LogP contribution is 2.17. The third-order valence-electron chi connectivity index (χ3n) is 4.00. The molecule has 22 heavy (non-hydrogen) atoms. The van der Waals surface area contributed by atoms with Crippen molar-refractivity contribution in [1.29, 1.82) is 0 Å². The Labute approximate surface area is 131 Å². The Kier molecular flexibility index (Phi) is 4.98. The third kappa shape index (κ3) is 3.81. The molecule has 2 N–H and O–H groups in total. The van der Waals surface area contributed by atoms with Gasteiger partial charge in [0, 0.05) is 44.8 Å². The molecule has 0 radical (unpaired) electrons. The molecule has 3 rings (SSSR count). The van der Waals surface area contributed by atoms with Crippen molar-refractivity contribution < 1.29 is 5.11 Å². The van der Waals surface area contributed by atoms with Crippen LogP contribution in [0, 0.1) is 0 Å². The van der Waals surface area contributed by atoms with E-state index in [-0.39, 0.29) is 0 Å². The van der Waals surface area contributed by atoms with Gasteiger partial charge in [-0.15, -0.1) is 0 Å². The minimum atomic E-state index is -0.514. The van der Waals surface area contributed by atoms with Crippen LogP contribution in [0.5, 0.6) is 0 Å². The summed E-state index contributed by atoms with van der Waals surface area (Å²) in [7, 11) is 0. The Morgan fingerprint density at radius 1 is 1.14 bits per heavy atom. The third-order valence-corrected chi connectivity index (χ3v) is 4.00. The molecule has 1 saturated heterocycles. The van der Waals surface area contributed by atoms with Crippen LogP contribution in [0.2, 0.25) is 0 Å². The van der Waals surface area contributed by atoms with Crippen molar-refractivity contribution in [3.05, 3.63) is 54.0 Å². The first-order valence-electron chi connectivity index (χ1n) is 7.81. The lowest BCUT2D eigenvalue weighted by Crippen LogP contribution is -2.22. The van der Waals surface area contributed by atoms with Gasteiger partial charge in [-0.2, -0.15) is 0 Å². The van der Waals surface area contributed by atoms with Gasteiger partial charge < -0.3 is 15.3 Å². The van der Waals surface area contributed by atoms with Crippen molar-refractivity contribution in [3.8, 4) is 0 Å². The van der Waals surface area contributed by atoms with Gasteiger partial charge in [-0.1, -0.05) is 6.07 Å². The van der Waals surface area contributed by atoms with Crippen molar-refractivity contribution in [2.75, 3.05) is 24.5 Å². The minimum Gasteiger partial charge on any atom is -0.387 e. The molecule has 1 aliphatic rings. The van der Waals surface area contributed by atoms with Gasteiger partial charge in [0.05, 0.1) is 6.10 Å². The quantitative estimate of drug-likeness (QED) is 0.853. The minimum absolute atomic E-state index is 0.512. The number of rotatable bonds is 6. The molecule has 1 fully saturated rings. The van der Waals surface area contributed by atoms with Crippen molar-refractivity contribution in [2.45, 2.75) is 25.5 Å². The zero-order valence-corrected chi connectivity index (χ0v) is 12.7. The van der Waals surface area contributed by atoms with Crippen LogP contribution in [-0.2, 0) is 6.54 Å². The highest BCUT2D eigenvalue weighted by atomic mass is 16.3. The van der Waals surface area contributed by atoms with Gasteiger partial charge in [-0.3, -0.25) is 4.98 Å². The lowest BCUT2D eigenvalue weighted by Gasteiger charge is -2.16. The highest BCUT2D eigenvalue weighted by Gasteiger charge is 2.13. The Bertz CT molecular complexity index is 567. The average Bonchev–Trinajstić information content (AvgIpc) is 3.11. The number of anilines is 1. The van der Waals surface area contributed by atoms with Crippen LogP contribution in [-0.4, -0.2) is 34.7 Å². The van der Waals surface area contributed by atoms with E-state index in [0.29, 0.717) is 13.1 Å². The number of aromatic nitrogens is 2. The zero-order valence-electron chi connectivity index (χ0n) is 12.7. The molecule has 5 nitrogen and oxygen atoms in total. The first kappa shape index (κ1) is 14.9. The standard InChI is InChI=1S/C17H22N4O/c22-16(15-5-7-18-8-6-15)13-19-11-14-3-4-17(20-12-14)21-9-1-2-10-21/h3-8,12,16,19,22H,1-2,9-11,13H2. The summed E-state index contributed by atoms with van der Waals surface area (Å²) in [4.78, 5) is 10.8. The maximum Gasteiger partial charge on any atom is 0.128 e. The molecule has 0 aliphatic carbocycles. The van der Waals surface area contributed by atoms with E-state index in [2.05, 4.69) is 32.3 Å². The van der Waals surface area contributed by atoms with E-state index in [0.717, 1.165) is 30.0 Å². The number of pyridine rings is 2. The molecule has 116 valence electrons. The summed E-state index contributed by atoms with van der Waals surface area (Å²) >= 11 is 0. The van der Waals surface area contributed by atoms with Crippen LogP contribution in [0.25, 0.3) is 0 Å². The fraction of sp³-hybridized carbons (Fsp3) is 0.412. The number of nitrogens with zero attached hydrogens (tertiary/aromatic N) is 3. The molecule has 1 unspecified atom stereocenters. The monoisotopic (exact) mass is 298 g/mol. The zero-order chi connectivity index (χ0) is 15.2. The maximum atomic E-state index is 10.1. The Hall–Kier alpha value is -1.98. The molecule has 0 aromatic carbocycles. The fourth-order valence-corrected chi connectivity index (χ4v) is 2.71. The second-order valence-corrected chi connectivity index (χ2v) is 5.65. The van der Waals surface area contributed by atoms with Gasteiger partial charge in [0.2, 0.25) is 0 Å². The molecule has 2 aromatic heterocycles. The van der Waals surface area contributed by atoms with E-state index in [9.17, 15) is 5.11 Å². The molecule has 2 aromatic rings. The molecule has 0 saturated carbocycles. The van der Waals surface area contributed by atoms with Crippen LogP contribution in [0.1, 0.15) is 30.1 Å². The van der Waals surface area contributed by atoms with Gasteiger partial charge in [0.25, 0.3) is 0 Å². The van der Waals surface area contributed by atoms with Crippen LogP contribution in [0.3, 0.4) is 0 Å². The highest BCUT2D eigenvalue weighted by molar-refractivity contribution is 5.40. The van der Waals surface area contributed by atoms with E-state index in [4.69, 9.17) is 0 Å². The maximum absolute atomic E-state index is 10.1. The molecular formula is C17H22N4O. The summed E-state index contributed by atoms with van der Waals surface area (Å²) in [5.41, 5.74) is 2.01. The summed E-state index contributed by atoms with van der Waals surface area (Å²) in [5.74, 6) is 1.07. The van der Waals surface area contributed by atoms with Gasteiger partial charge >= 0.3 is 0 Å². The Balaban J connectivity index is 1.47. The van der Waals surface area contributed by atoms with E-state index in [1.165, 1.54) is 12.8 Å². The summed E-state index contributed by atoms with van der Waals surface area (Å²) in [6.07, 6.45) is 7.31. The number of aliphatic hydroxyl groups is 1. The predicted octanol–water partition coefficient (Wildman–Crippen LogP) is 1.90. The van der Waals surface area contributed by atoms with Gasteiger partial charge in [0.1, 0.15) is 5.82 Å². The largest absolute Gasteiger partial charge is 0.387 e. The number of hydrogen-bond acceptors (Lipinski definition) is 5. The summed E-state index contributed by atoms with van der Waals surface area (Å²) in [5, 5.41) is 13.3. The predicted molar refractivity (Wildman–Crippen MR) is 86.6 cm³/mol. The lowest BCUT2D eigenvalue weighted by molar-refractivity contribution is 0.174. The van der Waals surface area contributed by atoms with Crippen molar-refractivity contribution in [3.63, 3.8) is 0 Å². The van der Waals surface area contributed by atoms with Crippen LogP contribution in [0.15, 0.2) is 42.9 Å². The molecule has 5 heteroatoms. The smallest absolute Gasteiger partial charge is 0.128 e. The van der Waals surface area contributed by atoms with Gasteiger partial charge in [-0.05, 0) is 42.2 Å². The van der Waals surface area contributed by atoms with E-state index >= 15 is 0 Å². The number of aliphatic hydroxyl groups excluding tert-OH is 1. The van der Waals surface area contributed by atoms with E-state index in [1.807, 2.05) is 18.3 Å². The van der Waals surface area contributed by atoms with Crippen LogP contribution >= 0.6 is 0 Å². The van der Waals surface area contributed by atoms with Crippen molar-refractivity contribution >= 4 is 5.82 Å². The first-order chi connectivity index (χ1) is 10.8. The molecule has 1 atom stereocenters. The second kappa shape index (κ2) is 7.33. The molecule has 0 bridgehead atoms. The summed E-state index contributed by atoms with van der Waals surface area (Å²) < 4.78 is 0. The average molecular weight is 298 g/mol. The SMILES string of the molecule is OC(CNCc1ccc(N2CCCC2)nc1)c1ccncc1. The Morgan fingerprint density at radius 3 is 2.59 bits per heavy atom. The van der Waals surface area contributed by atoms with Crippen molar-refractivity contribution in [2.24, 2.45) is 0 Å². The molecule has 0 amide bonds. The van der Waals surface area contributed by atoms with E-state index < -0.39 is 6.10 Å². The van der Waals surface area contributed by atoms with Crippen molar-refractivity contribution in [1.82, 2.24) is 15.3 Å². The lowest BCUT2D eigenvalue weighted by atomic mass is 10.1. The van der Waals surface area contributed by atoms with E-state index in [1.54, 1.807) is 12.4 Å². The molecule has 0 spiro atoms. The molecule has 3 heterocycles. The number of hydrogen-bond donors (Lipinski definition) is 2. The van der Waals surface area contributed by atoms with Crippen LogP contribution in [0.4, 0.5) is 5.82 Å². The normalized spacial score (nSPS) is 16.0. The first-order valence-corrected chi connectivity index (χ1v) is 7.81. The second-order valence-electron chi connectivity index (χ2n) is 5.65. The van der Waals surface area contributed by atoms with Gasteiger partial charge in [0.15, 0.2) is 0 Å².